The third-order valence-electron chi connectivity index (χ3n) is 4.84. The van der Waals surface area contributed by atoms with Gasteiger partial charge in [0.05, 0.1) is 9.20 Å². The van der Waals surface area contributed by atoms with Gasteiger partial charge in [0, 0.05) is 11.6 Å². The van der Waals surface area contributed by atoms with Crippen LogP contribution in [0.5, 0.6) is 11.5 Å². The lowest BCUT2D eigenvalue weighted by atomic mass is 9.86. The molecule has 30 heavy (non-hydrogen) atoms. The van der Waals surface area contributed by atoms with Crippen molar-refractivity contribution in [3.05, 3.63) is 78.7 Å². The Kier molecular flexibility index (Phi) is 5.35. The molecule has 2 aromatic carbocycles. The van der Waals surface area contributed by atoms with Crippen LogP contribution in [0.1, 0.15) is 42.3 Å². The Morgan fingerprint density at radius 2 is 1.73 bits per heavy atom. The van der Waals surface area contributed by atoms with Gasteiger partial charge in [-0.2, -0.15) is 0 Å². The summed E-state index contributed by atoms with van der Waals surface area (Å²) in [5.74, 6) is 1.23. The molecule has 0 saturated carbocycles. The average Bonchev–Trinajstić information content (AvgIpc) is 3.06. The molecule has 0 unspecified atom stereocenters. The first kappa shape index (κ1) is 20.2. The van der Waals surface area contributed by atoms with Crippen LogP contribution in [0.15, 0.2) is 47.3 Å². The van der Waals surface area contributed by atoms with Gasteiger partial charge in [-0.25, -0.2) is 0 Å². The monoisotopic (exact) mass is 421 g/mol. The molecule has 0 radical (unpaired) electrons. The first-order valence-electron chi connectivity index (χ1n) is 9.77. The van der Waals surface area contributed by atoms with Gasteiger partial charge in [-0.05, 0) is 34.8 Å². The van der Waals surface area contributed by atoms with Crippen LogP contribution in [-0.2, 0) is 5.41 Å². The zero-order chi connectivity index (χ0) is 21.3. The number of carbonyl (C=O) groups is 1. The van der Waals surface area contributed by atoms with Crippen LogP contribution >= 0.6 is 11.3 Å². The van der Waals surface area contributed by atoms with Gasteiger partial charge in [0.25, 0.3) is 5.56 Å². The van der Waals surface area contributed by atoms with Gasteiger partial charge in [0.15, 0.2) is 17.3 Å². The van der Waals surface area contributed by atoms with E-state index in [1.807, 2.05) is 42.5 Å². The van der Waals surface area contributed by atoms with Crippen LogP contribution in [0.4, 0.5) is 0 Å². The molecule has 0 saturated heterocycles. The van der Waals surface area contributed by atoms with Gasteiger partial charge in [-0.3, -0.25) is 9.59 Å². The van der Waals surface area contributed by atoms with Crippen molar-refractivity contribution in [2.24, 2.45) is 0 Å². The number of rotatable bonds is 3. The molecule has 6 heteroatoms. The molecule has 0 atom stereocenters. The fourth-order valence-corrected chi connectivity index (χ4v) is 4.05. The van der Waals surface area contributed by atoms with Crippen LogP contribution in [0.2, 0.25) is 0 Å². The second-order valence-electron chi connectivity index (χ2n) is 8.17. The molecule has 154 valence electrons. The fraction of sp³-hybridized carbons (Fsp3) is 0.250. The number of Topliss-reactive ketones (excluding diaryl/α,β-unsaturated/α-hetero) is 1. The summed E-state index contributed by atoms with van der Waals surface area (Å²) in [6, 6.07) is 13.1. The van der Waals surface area contributed by atoms with E-state index in [4.69, 9.17) is 9.47 Å². The van der Waals surface area contributed by atoms with Gasteiger partial charge in [-0.1, -0.05) is 51.1 Å². The number of ketones is 1. The standard InChI is InChI=1S/C24H23NO4S/c1-24(2,3)17-7-5-16(6-8-17)18(26)14-22-25-23(27)21(30-22)13-15-4-9-19-20(12-15)29-11-10-28-19/h4-9,12-14H,10-11H2,1-3H3,(H,25,27)/b21-13+,22-14+. The number of hydrogen-bond donors (Lipinski definition) is 1. The second-order valence-corrected chi connectivity index (χ2v) is 9.25. The van der Waals surface area contributed by atoms with Crippen molar-refractivity contribution in [1.82, 2.24) is 4.98 Å². The van der Waals surface area contributed by atoms with E-state index in [0.717, 1.165) is 5.56 Å². The molecule has 0 amide bonds. The first-order chi connectivity index (χ1) is 14.3. The van der Waals surface area contributed by atoms with Crippen LogP contribution in [0, 0.1) is 0 Å². The van der Waals surface area contributed by atoms with Crippen molar-refractivity contribution < 1.29 is 14.3 Å². The summed E-state index contributed by atoms with van der Waals surface area (Å²) in [5, 5.41) is 0. The van der Waals surface area contributed by atoms with E-state index in [2.05, 4.69) is 25.8 Å². The number of nitrogens with one attached hydrogen (secondary N) is 1. The van der Waals surface area contributed by atoms with E-state index in [0.29, 0.717) is 39.5 Å². The Morgan fingerprint density at radius 3 is 2.43 bits per heavy atom. The van der Waals surface area contributed by atoms with E-state index in [1.165, 1.54) is 23.0 Å². The summed E-state index contributed by atoms with van der Waals surface area (Å²) in [4.78, 5) is 27.7. The molecular weight excluding hydrogens is 398 g/mol. The van der Waals surface area contributed by atoms with Gasteiger partial charge in [0.1, 0.15) is 13.2 Å². The normalized spacial score (nSPS) is 14.8. The van der Waals surface area contributed by atoms with Crippen molar-refractivity contribution in [3.63, 3.8) is 0 Å². The maximum Gasteiger partial charge on any atom is 0.266 e. The van der Waals surface area contributed by atoms with E-state index in [1.54, 1.807) is 6.08 Å². The number of hydrogen-bond acceptors (Lipinski definition) is 5. The minimum Gasteiger partial charge on any atom is -0.486 e. The number of H-pyrrole nitrogens is 1. The van der Waals surface area contributed by atoms with Gasteiger partial charge < -0.3 is 14.5 Å². The molecule has 5 nitrogen and oxygen atoms in total. The number of aromatic nitrogens is 1. The summed E-state index contributed by atoms with van der Waals surface area (Å²) < 4.78 is 12.2. The predicted molar refractivity (Wildman–Crippen MR) is 119 cm³/mol. The van der Waals surface area contributed by atoms with Gasteiger partial charge in [0.2, 0.25) is 0 Å². The zero-order valence-corrected chi connectivity index (χ0v) is 18.0. The summed E-state index contributed by atoms with van der Waals surface area (Å²) in [7, 11) is 0. The lowest BCUT2D eigenvalue weighted by Crippen LogP contribution is -2.20. The molecule has 3 aromatic rings. The number of fused-ring (bicyclic) bond motifs is 1. The Bertz CT molecular complexity index is 1260. The van der Waals surface area contributed by atoms with Crippen LogP contribution in [0.3, 0.4) is 0 Å². The molecule has 4 rings (SSSR count). The largest absolute Gasteiger partial charge is 0.486 e. The Balaban J connectivity index is 1.62. The highest BCUT2D eigenvalue weighted by Gasteiger charge is 2.14. The number of carbonyl (C=O) groups excluding carboxylic acids is 1. The molecule has 1 N–H and O–H groups in total. The van der Waals surface area contributed by atoms with Crippen LogP contribution in [0.25, 0.3) is 12.2 Å². The summed E-state index contributed by atoms with van der Waals surface area (Å²) in [6.07, 6.45) is 3.25. The second kappa shape index (κ2) is 7.95. The molecule has 1 aromatic heterocycles. The smallest absolute Gasteiger partial charge is 0.266 e. The fourth-order valence-electron chi connectivity index (χ4n) is 3.16. The Hall–Kier alpha value is -3.12. The molecular formula is C24H23NO4S. The zero-order valence-electron chi connectivity index (χ0n) is 17.2. The van der Waals surface area contributed by atoms with Crippen molar-refractivity contribution in [2.75, 3.05) is 13.2 Å². The van der Waals surface area contributed by atoms with Crippen molar-refractivity contribution in [1.29, 1.82) is 0 Å². The highest BCUT2D eigenvalue weighted by atomic mass is 32.1. The maximum atomic E-state index is 12.6. The Morgan fingerprint density at radius 1 is 1.03 bits per heavy atom. The maximum absolute atomic E-state index is 12.6. The Labute approximate surface area is 178 Å². The highest BCUT2D eigenvalue weighted by molar-refractivity contribution is 7.07. The van der Waals surface area contributed by atoms with Crippen LogP contribution < -0.4 is 24.2 Å². The third kappa shape index (κ3) is 4.39. The van der Waals surface area contributed by atoms with Gasteiger partial charge >= 0.3 is 0 Å². The molecule has 2 heterocycles. The highest BCUT2D eigenvalue weighted by Crippen LogP contribution is 2.30. The van der Waals surface area contributed by atoms with Crippen molar-refractivity contribution in [3.8, 4) is 11.5 Å². The van der Waals surface area contributed by atoms with Crippen molar-refractivity contribution >= 4 is 29.3 Å². The molecule has 0 aliphatic carbocycles. The first-order valence-corrected chi connectivity index (χ1v) is 10.6. The summed E-state index contributed by atoms with van der Waals surface area (Å²) in [5.41, 5.74) is 2.40. The predicted octanol–water partition coefficient (Wildman–Crippen LogP) is 3.00. The third-order valence-corrected chi connectivity index (χ3v) is 5.81. The number of aromatic amines is 1. The minimum atomic E-state index is -0.225. The summed E-state index contributed by atoms with van der Waals surface area (Å²) >= 11 is 1.25. The lowest BCUT2D eigenvalue weighted by Gasteiger charge is -2.18. The minimum absolute atomic E-state index is 0.0306. The van der Waals surface area contributed by atoms with Gasteiger partial charge in [-0.15, -0.1) is 11.3 Å². The van der Waals surface area contributed by atoms with Crippen LogP contribution in [-0.4, -0.2) is 24.0 Å². The quantitative estimate of drug-likeness (QED) is 0.660. The molecule has 0 spiro atoms. The average molecular weight is 422 g/mol. The topological polar surface area (TPSA) is 68.4 Å². The van der Waals surface area contributed by atoms with E-state index in [-0.39, 0.29) is 16.8 Å². The summed E-state index contributed by atoms with van der Waals surface area (Å²) in [6.45, 7) is 7.44. The lowest BCUT2D eigenvalue weighted by molar-refractivity contribution is 0.106. The van der Waals surface area contributed by atoms with E-state index < -0.39 is 0 Å². The number of benzene rings is 2. The van der Waals surface area contributed by atoms with Crippen molar-refractivity contribution in [2.45, 2.75) is 26.2 Å². The molecule has 1 aliphatic rings. The van der Waals surface area contributed by atoms with E-state index >= 15 is 0 Å². The number of thiazole rings is 1. The van der Waals surface area contributed by atoms with E-state index in [9.17, 15) is 9.59 Å². The SMILES string of the molecule is CC(C)(C)c1ccc(C(=O)/C=c2\[nH]c(=O)/c(=C\c3ccc4c(c3)OCCO4)s2)cc1. The number of ether oxygens (including phenoxy) is 2. The molecule has 0 bridgehead atoms. The molecule has 1 aliphatic heterocycles. The molecule has 0 fully saturated rings.